The van der Waals surface area contributed by atoms with E-state index in [9.17, 15) is 13.2 Å². The zero-order valence-electron chi connectivity index (χ0n) is 12.5. The van der Waals surface area contributed by atoms with Crippen LogP contribution in [-0.4, -0.2) is 16.7 Å². The Balaban J connectivity index is 0.000000956. The molecular formula is C14H19F3N2O. The molecule has 0 aliphatic heterocycles. The van der Waals surface area contributed by atoms with Gasteiger partial charge in [0, 0.05) is 12.6 Å². The molecule has 2 rings (SSSR count). The van der Waals surface area contributed by atoms with E-state index in [2.05, 4.69) is 4.98 Å². The summed E-state index contributed by atoms with van der Waals surface area (Å²) in [6.07, 6.45) is -4.40. The van der Waals surface area contributed by atoms with E-state index in [1.165, 1.54) is 14.0 Å². The molecule has 0 fully saturated rings. The molecule has 0 bridgehead atoms. The van der Waals surface area contributed by atoms with Gasteiger partial charge in [0.25, 0.3) is 0 Å². The second-order valence-corrected chi connectivity index (χ2v) is 4.17. The molecule has 1 aromatic carbocycles. The van der Waals surface area contributed by atoms with Crippen molar-refractivity contribution in [2.75, 3.05) is 7.11 Å². The number of methoxy groups -OCH3 is 1. The van der Waals surface area contributed by atoms with E-state index >= 15 is 0 Å². The van der Waals surface area contributed by atoms with Crippen LogP contribution in [0.2, 0.25) is 0 Å². The third kappa shape index (κ3) is 2.59. The Morgan fingerprint density at radius 2 is 1.75 bits per heavy atom. The van der Waals surface area contributed by atoms with Crippen LogP contribution in [0.25, 0.3) is 11.0 Å². The molecule has 0 radical (unpaired) electrons. The summed E-state index contributed by atoms with van der Waals surface area (Å²) >= 11 is 0. The minimum absolute atomic E-state index is 0.0654. The Labute approximate surface area is 116 Å². The lowest BCUT2D eigenvalue weighted by molar-refractivity contribution is -0.138. The zero-order valence-corrected chi connectivity index (χ0v) is 12.5. The largest absolute Gasteiger partial charge is 0.494 e. The van der Waals surface area contributed by atoms with E-state index in [1.54, 1.807) is 18.5 Å². The number of hydrogen-bond donors (Lipinski definition) is 0. The number of rotatable bonds is 1. The molecule has 3 nitrogen and oxygen atoms in total. The summed E-state index contributed by atoms with van der Waals surface area (Å²) in [6, 6.07) is 1.12. The van der Waals surface area contributed by atoms with Crippen molar-refractivity contribution in [3.05, 3.63) is 23.0 Å². The fourth-order valence-corrected chi connectivity index (χ4v) is 2.05. The average molecular weight is 288 g/mol. The summed E-state index contributed by atoms with van der Waals surface area (Å²) < 4.78 is 45.5. The van der Waals surface area contributed by atoms with Crippen molar-refractivity contribution in [3.8, 4) is 5.75 Å². The number of imidazole rings is 1. The summed E-state index contributed by atoms with van der Waals surface area (Å²) in [6.45, 7) is 7.13. The molecular weight excluding hydrogens is 269 g/mol. The predicted molar refractivity (Wildman–Crippen MR) is 73.1 cm³/mol. The first-order valence-electron chi connectivity index (χ1n) is 6.35. The van der Waals surface area contributed by atoms with Crippen molar-refractivity contribution in [1.82, 2.24) is 9.55 Å². The number of nitrogens with zero attached hydrogens (tertiary/aromatic N) is 2. The monoisotopic (exact) mass is 288 g/mol. The SMILES string of the molecule is CC.COc1c(C)c(C(F)(F)F)cc2c1nc(C)n2C. The highest BCUT2D eigenvalue weighted by Gasteiger charge is 2.35. The van der Waals surface area contributed by atoms with Gasteiger partial charge in [-0.05, 0) is 19.9 Å². The second-order valence-electron chi connectivity index (χ2n) is 4.17. The summed E-state index contributed by atoms with van der Waals surface area (Å²) in [5.41, 5.74) is 0.260. The normalized spacial score (nSPS) is 11.2. The van der Waals surface area contributed by atoms with Crippen LogP contribution in [0.3, 0.4) is 0 Å². The fourth-order valence-electron chi connectivity index (χ4n) is 2.05. The minimum atomic E-state index is -4.40. The van der Waals surface area contributed by atoms with Crippen LogP contribution in [0.4, 0.5) is 13.2 Å². The van der Waals surface area contributed by atoms with Crippen molar-refractivity contribution in [1.29, 1.82) is 0 Å². The van der Waals surface area contributed by atoms with Gasteiger partial charge in [-0.1, -0.05) is 13.8 Å². The first-order valence-corrected chi connectivity index (χ1v) is 6.35. The van der Waals surface area contributed by atoms with E-state index in [4.69, 9.17) is 4.74 Å². The lowest BCUT2D eigenvalue weighted by atomic mass is 10.1. The van der Waals surface area contributed by atoms with E-state index in [0.29, 0.717) is 16.9 Å². The Morgan fingerprint density at radius 1 is 1.20 bits per heavy atom. The van der Waals surface area contributed by atoms with Gasteiger partial charge in [-0.25, -0.2) is 4.98 Å². The highest BCUT2D eigenvalue weighted by atomic mass is 19.4. The number of halogens is 3. The standard InChI is InChI=1S/C12H13F3N2O.C2H6/c1-6-8(12(13,14)15)5-9-10(11(6)18-4)16-7(2)17(9)3;1-2/h5H,1-4H3;1-2H3. The maximum atomic E-state index is 12.9. The van der Waals surface area contributed by atoms with Gasteiger partial charge in [0.05, 0.1) is 18.2 Å². The molecule has 20 heavy (non-hydrogen) atoms. The Hall–Kier alpha value is -1.72. The molecule has 0 spiro atoms. The third-order valence-electron chi connectivity index (χ3n) is 3.11. The third-order valence-corrected chi connectivity index (χ3v) is 3.11. The van der Waals surface area contributed by atoms with Crippen LogP contribution < -0.4 is 4.74 Å². The molecule has 1 aromatic heterocycles. The van der Waals surface area contributed by atoms with Gasteiger partial charge < -0.3 is 9.30 Å². The predicted octanol–water partition coefficient (Wildman–Crippen LogP) is 4.24. The number of hydrogen-bond acceptors (Lipinski definition) is 2. The molecule has 0 aliphatic carbocycles. The van der Waals surface area contributed by atoms with Crippen LogP contribution in [0.1, 0.15) is 30.8 Å². The Kier molecular flexibility index (Phi) is 4.68. The lowest BCUT2D eigenvalue weighted by Gasteiger charge is -2.14. The summed E-state index contributed by atoms with van der Waals surface area (Å²) in [5, 5.41) is 0. The topological polar surface area (TPSA) is 27.1 Å². The molecule has 0 atom stereocenters. The number of alkyl halides is 3. The number of fused-ring (bicyclic) bond motifs is 1. The summed E-state index contributed by atoms with van der Waals surface area (Å²) in [7, 11) is 3.03. The van der Waals surface area contributed by atoms with Gasteiger partial charge in [0.2, 0.25) is 0 Å². The molecule has 6 heteroatoms. The quantitative estimate of drug-likeness (QED) is 0.784. The van der Waals surface area contributed by atoms with Crippen LogP contribution in [-0.2, 0) is 13.2 Å². The van der Waals surface area contributed by atoms with Crippen molar-refractivity contribution >= 4 is 11.0 Å². The molecule has 112 valence electrons. The van der Waals surface area contributed by atoms with Gasteiger partial charge in [0.1, 0.15) is 17.1 Å². The number of benzene rings is 1. The van der Waals surface area contributed by atoms with E-state index < -0.39 is 11.7 Å². The highest BCUT2D eigenvalue weighted by molar-refractivity contribution is 5.85. The average Bonchev–Trinajstić information content (AvgIpc) is 2.66. The number of aromatic nitrogens is 2. The van der Waals surface area contributed by atoms with E-state index in [-0.39, 0.29) is 11.3 Å². The molecule has 2 aromatic rings. The van der Waals surface area contributed by atoms with Crippen molar-refractivity contribution < 1.29 is 17.9 Å². The minimum Gasteiger partial charge on any atom is -0.494 e. The molecule has 0 saturated heterocycles. The molecule has 0 N–H and O–H groups in total. The van der Waals surface area contributed by atoms with Crippen LogP contribution in [0.15, 0.2) is 6.07 Å². The van der Waals surface area contributed by atoms with Crippen molar-refractivity contribution in [2.24, 2.45) is 7.05 Å². The number of ether oxygens (including phenoxy) is 1. The van der Waals surface area contributed by atoms with Gasteiger partial charge in [-0.2, -0.15) is 13.2 Å². The molecule has 0 amide bonds. The van der Waals surface area contributed by atoms with Crippen molar-refractivity contribution in [3.63, 3.8) is 0 Å². The van der Waals surface area contributed by atoms with E-state index in [1.807, 2.05) is 13.8 Å². The highest BCUT2D eigenvalue weighted by Crippen LogP contribution is 2.39. The second kappa shape index (κ2) is 5.73. The summed E-state index contributed by atoms with van der Waals surface area (Å²) in [5.74, 6) is 0.825. The Morgan fingerprint density at radius 3 is 2.20 bits per heavy atom. The molecule has 0 saturated carbocycles. The lowest BCUT2D eigenvalue weighted by Crippen LogP contribution is -2.09. The smallest absolute Gasteiger partial charge is 0.416 e. The maximum Gasteiger partial charge on any atom is 0.416 e. The fraction of sp³-hybridized carbons (Fsp3) is 0.500. The first-order chi connectivity index (χ1) is 9.27. The summed E-state index contributed by atoms with van der Waals surface area (Å²) in [4.78, 5) is 4.24. The Bertz CT molecular complexity index is 615. The number of aryl methyl sites for hydroxylation is 2. The molecule has 1 heterocycles. The van der Waals surface area contributed by atoms with Gasteiger partial charge in [0.15, 0.2) is 0 Å². The molecule has 0 unspecified atom stereocenters. The van der Waals surface area contributed by atoms with Crippen molar-refractivity contribution in [2.45, 2.75) is 33.9 Å². The van der Waals surface area contributed by atoms with Gasteiger partial charge in [-0.15, -0.1) is 0 Å². The van der Waals surface area contributed by atoms with Crippen LogP contribution >= 0.6 is 0 Å². The van der Waals surface area contributed by atoms with Gasteiger partial charge >= 0.3 is 6.18 Å². The zero-order chi connectivity index (χ0) is 15.7. The van der Waals surface area contributed by atoms with E-state index in [0.717, 1.165) is 6.07 Å². The van der Waals surface area contributed by atoms with Gasteiger partial charge in [-0.3, -0.25) is 0 Å². The molecule has 0 aliphatic rings. The van der Waals surface area contributed by atoms with Crippen LogP contribution in [0.5, 0.6) is 5.75 Å². The maximum absolute atomic E-state index is 12.9. The first kappa shape index (κ1) is 16.3. The van der Waals surface area contributed by atoms with Crippen LogP contribution in [0, 0.1) is 13.8 Å².